The number of carboxylic acids is 1. The van der Waals surface area contributed by atoms with E-state index in [9.17, 15) is 14.4 Å². The number of carbonyl (C=O) groups is 3. The van der Waals surface area contributed by atoms with Crippen molar-refractivity contribution in [2.75, 3.05) is 23.4 Å². The Balaban J connectivity index is 1.73. The molecule has 7 nitrogen and oxygen atoms in total. The molecule has 0 fully saturated rings. The minimum Gasteiger partial charge on any atom is -0.482 e. The van der Waals surface area contributed by atoms with E-state index in [1.807, 2.05) is 0 Å². The standard InChI is InChI=1S/C17H13ClN2O5/c18-11-3-6-14-13(7-11)20(16(22)9-25-14)8-15(21)19-12-4-1-10(2-5-12)17(23)24/h1-7H,8-9H2,(H,19,21)(H,23,24). The predicted molar refractivity (Wildman–Crippen MR) is 91.3 cm³/mol. The number of nitrogens with zero attached hydrogens (tertiary/aromatic N) is 1. The molecule has 2 aromatic rings. The third-order valence-corrected chi connectivity index (χ3v) is 3.82. The summed E-state index contributed by atoms with van der Waals surface area (Å²) in [6.07, 6.45) is 0. The molecule has 2 aromatic carbocycles. The lowest BCUT2D eigenvalue weighted by molar-refractivity contribution is -0.123. The van der Waals surface area contributed by atoms with Crippen molar-refractivity contribution in [1.29, 1.82) is 0 Å². The van der Waals surface area contributed by atoms with Gasteiger partial charge in [0.1, 0.15) is 12.3 Å². The summed E-state index contributed by atoms with van der Waals surface area (Å²) in [5.74, 6) is -1.36. The van der Waals surface area contributed by atoms with Crippen LogP contribution in [0.2, 0.25) is 5.02 Å². The lowest BCUT2D eigenvalue weighted by Gasteiger charge is -2.29. The smallest absolute Gasteiger partial charge is 0.335 e. The Hall–Kier alpha value is -3.06. The van der Waals surface area contributed by atoms with Crippen LogP contribution in [0.4, 0.5) is 11.4 Å². The molecule has 0 radical (unpaired) electrons. The Morgan fingerprint density at radius 2 is 1.92 bits per heavy atom. The topological polar surface area (TPSA) is 95.9 Å². The maximum absolute atomic E-state index is 12.2. The van der Waals surface area contributed by atoms with Gasteiger partial charge in [0.05, 0.1) is 11.3 Å². The molecule has 3 rings (SSSR count). The summed E-state index contributed by atoms with van der Waals surface area (Å²) in [7, 11) is 0. The van der Waals surface area contributed by atoms with E-state index in [-0.39, 0.29) is 24.6 Å². The summed E-state index contributed by atoms with van der Waals surface area (Å²) in [6, 6.07) is 10.6. The number of hydrogen-bond donors (Lipinski definition) is 2. The van der Waals surface area contributed by atoms with Crippen molar-refractivity contribution in [2.45, 2.75) is 0 Å². The molecule has 0 saturated carbocycles. The monoisotopic (exact) mass is 360 g/mol. The van der Waals surface area contributed by atoms with E-state index in [0.717, 1.165) is 0 Å². The molecule has 8 heteroatoms. The molecular weight excluding hydrogens is 348 g/mol. The zero-order chi connectivity index (χ0) is 18.0. The number of benzene rings is 2. The number of ether oxygens (including phenoxy) is 1. The highest BCUT2D eigenvalue weighted by atomic mass is 35.5. The van der Waals surface area contributed by atoms with Crippen molar-refractivity contribution in [3.63, 3.8) is 0 Å². The molecule has 1 aliphatic heterocycles. The molecule has 25 heavy (non-hydrogen) atoms. The summed E-state index contributed by atoms with van der Waals surface area (Å²) in [4.78, 5) is 36.5. The maximum Gasteiger partial charge on any atom is 0.335 e. The first-order valence-electron chi connectivity index (χ1n) is 7.30. The highest BCUT2D eigenvalue weighted by Gasteiger charge is 2.27. The van der Waals surface area contributed by atoms with Crippen LogP contribution in [0.3, 0.4) is 0 Å². The van der Waals surface area contributed by atoms with Gasteiger partial charge in [0.25, 0.3) is 5.91 Å². The van der Waals surface area contributed by atoms with E-state index in [1.165, 1.54) is 29.2 Å². The molecule has 2 amide bonds. The Bertz CT molecular complexity index is 851. The quantitative estimate of drug-likeness (QED) is 0.872. The summed E-state index contributed by atoms with van der Waals surface area (Å²) in [6.45, 7) is -0.370. The molecule has 0 spiro atoms. The van der Waals surface area contributed by atoms with Gasteiger partial charge < -0.3 is 15.2 Å². The highest BCUT2D eigenvalue weighted by Crippen LogP contribution is 2.34. The number of nitrogens with one attached hydrogen (secondary N) is 1. The van der Waals surface area contributed by atoms with Crippen LogP contribution < -0.4 is 15.0 Å². The fourth-order valence-corrected chi connectivity index (χ4v) is 2.56. The van der Waals surface area contributed by atoms with Crippen molar-refractivity contribution in [3.8, 4) is 5.75 Å². The average molecular weight is 361 g/mol. The minimum absolute atomic E-state index is 0.116. The number of carbonyl (C=O) groups excluding carboxylic acids is 2. The van der Waals surface area contributed by atoms with Crippen LogP contribution in [0.1, 0.15) is 10.4 Å². The van der Waals surface area contributed by atoms with Crippen molar-refractivity contribution < 1.29 is 24.2 Å². The van der Waals surface area contributed by atoms with E-state index in [1.54, 1.807) is 18.2 Å². The summed E-state index contributed by atoms with van der Waals surface area (Å²) in [5, 5.41) is 11.9. The first-order chi connectivity index (χ1) is 11.9. The Morgan fingerprint density at radius 3 is 2.60 bits per heavy atom. The van der Waals surface area contributed by atoms with Gasteiger partial charge in [-0.2, -0.15) is 0 Å². The number of carboxylic acid groups (broad SMARTS) is 1. The van der Waals surface area contributed by atoms with Gasteiger partial charge in [-0.25, -0.2) is 4.79 Å². The molecule has 0 saturated heterocycles. The van der Waals surface area contributed by atoms with Gasteiger partial charge >= 0.3 is 5.97 Å². The lowest BCUT2D eigenvalue weighted by Crippen LogP contribution is -2.43. The van der Waals surface area contributed by atoms with Crippen LogP contribution in [0, 0.1) is 0 Å². The molecule has 1 aliphatic rings. The largest absolute Gasteiger partial charge is 0.482 e. The number of rotatable bonds is 4. The number of amides is 2. The number of fused-ring (bicyclic) bond motifs is 1. The first kappa shape index (κ1) is 16.8. The molecule has 0 aliphatic carbocycles. The second-order valence-electron chi connectivity index (χ2n) is 5.31. The van der Waals surface area contributed by atoms with E-state index in [0.29, 0.717) is 22.1 Å². The average Bonchev–Trinajstić information content (AvgIpc) is 2.58. The first-order valence-corrected chi connectivity index (χ1v) is 7.68. The van der Waals surface area contributed by atoms with Gasteiger partial charge in [0, 0.05) is 10.7 Å². The van der Waals surface area contributed by atoms with Crippen molar-refractivity contribution >= 4 is 40.8 Å². The Morgan fingerprint density at radius 1 is 1.20 bits per heavy atom. The SMILES string of the molecule is O=C(CN1C(=O)COc2ccc(Cl)cc21)Nc1ccc(C(=O)O)cc1. The molecule has 0 aromatic heterocycles. The van der Waals surface area contributed by atoms with Crippen molar-refractivity contribution in [2.24, 2.45) is 0 Å². The van der Waals surface area contributed by atoms with Gasteiger partial charge in [-0.05, 0) is 42.5 Å². The molecule has 1 heterocycles. The van der Waals surface area contributed by atoms with Crippen LogP contribution in [0.25, 0.3) is 0 Å². The van der Waals surface area contributed by atoms with Crippen LogP contribution >= 0.6 is 11.6 Å². The number of anilines is 2. The van der Waals surface area contributed by atoms with Crippen LogP contribution in [0.5, 0.6) is 5.75 Å². The second-order valence-corrected chi connectivity index (χ2v) is 5.75. The van der Waals surface area contributed by atoms with E-state index in [2.05, 4.69) is 5.32 Å². The van der Waals surface area contributed by atoms with Gasteiger partial charge in [-0.15, -0.1) is 0 Å². The zero-order valence-electron chi connectivity index (χ0n) is 12.9. The fourth-order valence-electron chi connectivity index (χ4n) is 2.39. The molecule has 0 atom stereocenters. The van der Waals surface area contributed by atoms with Gasteiger partial charge in [0.2, 0.25) is 5.91 Å². The minimum atomic E-state index is -1.05. The maximum atomic E-state index is 12.2. The number of halogens is 1. The third-order valence-electron chi connectivity index (χ3n) is 3.58. The summed E-state index contributed by atoms with van der Waals surface area (Å²) >= 11 is 5.95. The zero-order valence-corrected chi connectivity index (χ0v) is 13.6. The van der Waals surface area contributed by atoms with E-state index >= 15 is 0 Å². The van der Waals surface area contributed by atoms with Crippen molar-refractivity contribution in [1.82, 2.24) is 0 Å². The van der Waals surface area contributed by atoms with Crippen LogP contribution in [0.15, 0.2) is 42.5 Å². The third kappa shape index (κ3) is 3.72. The highest BCUT2D eigenvalue weighted by molar-refractivity contribution is 6.31. The number of hydrogen-bond acceptors (Lipinski definition) is 4. The summed E-state index contributed by atoms with van der Waals surface area (Å²) in [5.41, 5.74) is 0.979. The molecular formula is C17H13ClN2O5. The van der Waals surface area contributed by atoms with Crippen LogP contribution in [-0.2, 0) is 9.59 Å². The van der Waals surface area contributed by atoms with Gasteiger partial charge in [-0.1, -0.05) is 11.6 Å². The summed E-state index contributed by atoms with van der Waals surface area (Å²) < 4.78 is 5.32. The fraction of sp³-hybridized carbons (Fsp3) is 0.118. The molecule has 2 N–H and O–H groups in total. The van der Waals surface area contributed by atoms with Crippen LogP contribution in [-0.4, -0.2) is 36.0 Å². The molecule has 128 valence electrons. The molecule has 0 unspecified atom stereocenters. The Kier molecular flexibility index (Phi) is 4.58. The lowest BCUT2D eigenvalue weighted by atomic mass is 10.2. The Labute approximate surface area is 147 Å². The predicted octanol–water partition coefficient (Wildman–Crippen LogP) is 2.40. The van der Waals surface area contributed by atoms with Crippen molar-refractivity contribution in [3.05, 3.63) is 53.1 Å². The normalized spacial score (nSPS) is 13.0. The van der Waals surface area contributed by atoms with Gasteiger partial charge in [0.15, 0.2) is 6.61 Å². The number of aromatic carboxylic acids is 1. The molecule has 0 bridgehead atoms. The van der Waals surface area contributed by atoms with E-state index in [4.69, 9.17) is 21.4 Å². The van der Waals surface area contributed by atoms with Gasteiger partial charge in [-0.3, -0.25) is 14.5 Å². The second kappa shape index (κ2) is 6.82. The van der Waals surface area contributed by atoms with E-state index < -0.39 is 11.9 Å².